The van der Waals surface area contributed by atoms with E-state index in [1.807, 2.05) is 0 Å². The van der Waals surface area contributed by atoms with Crippen LogP contribution in [0, 0.1) is 0 Å². The Morgan fingerprint density at radius 1 is 1.42 bits per heavy atom. The summed E-state index contributed by atoms with van der Waals surface area (Å²) >= 11 is 0. The minimum atomic E-state index is -1.89. The molecule has 0 bridgehead atoms. The van der Waals surface area contributed by atoms with Crippen LogP contribution >= 0.6 is 0 Å². The fraction of sp³-hybridized carbons (Fsp3) is 0.857. The highest BCUT2D eigenvalue weighted by Crippen LogP contribution is 2.09. The molecule has 0 N–H and O–H groups in total. The third-order valence-corrected chi connectivity index (χ3v) is 0.692. The van der Waals surface area contributed by atoms with Crippen LogP contribution in [0.15, 0.2) is 0 Å². The predicted octanol–water partition coefficient (Wildman–Crippen LogP) is 2.19. The van der Waals surface area contributed by atoms with E-state index in [1.54, 1.807) is 20.8 Å². The highest BCUT2D eigenvalue weighted by molar-refractivity contribution is 5.57. The van der Waals surface area contributed by atoms with Crippen molar-refractivity contribution in [2.45, 2.75) is 39.6 Å². The molecule has 12 heavy (non-hydrogen) atoms. The molecule has 5 heteroatoms. The van der Waals surface area contributed by atoms with Gasteiger partial charge in [0, 0.05) is 6.92 Å². The Morgan fingerprint density at radius 3 is 2.25 bits per heavy atom. The van der Waals surface area contributed by atoms with Crippen molar-refractivity contribution in [3.05, 3.63) is 0 Å². The minimum absolute atomic E-state index is 0.517. The molecule has 0 fully saturated rings. The zero-order chi connectivity index (χ0) is 9.78. The average Bonchev–Trinajstić information content (AvgIpc) is 1.80. The molecule has 0 saturated heterocycles. The maximum absolute atomic E-state index is 11.6. The number of carbonyl (C=O) groups is 1. The van der Waals surface area contributed by atoms with E-state index in [0.717, 1.165) is 0 Å². The lowest BCUT2D eigenvalue weighted by atomic mass is 10.2. The largest absolute Gasteiger partial charge is 0.497 e. The molecule has 72 valence electrons. The third kappa shape index (κ3) is 7.43. The van der Waals surface area contributed by atoms with Crippen LogP contribution in [0.2, 0.25) is 0 Å². The topological polar surface area (TPSA) is 44.8 Å². The van der Waals surface area contributed by atoms with Crippen molar-refractivity contribution in [2.24, 2.45) is 0 Å². The lowest BCUT2D eigenvalue weighted by Gasteiger charge is -2.19. The van der Waals surface area contributed by atoms with E-state index >= 15 is 0 Å². The second kappa shape index (κ2) is 4.37. The molecule has 1 unspecified atom stereocenters. The third-order valence-electron chi connectivity index (χ3n) is 0.692. The van der Waals surface area contributed by atoms with E-state index in [9.17, 15) is 9.18 Å². The van der Waals surface area contributed by atoms with E-state index < -0.39 is 18.1 Å². The summed E-state index contributed by atoms with van der Waals surface area (Å²) in [6, 6.07) is 0. The van der Waals surface area contributed by atoms with Crippen LogP contribution in [0.5, 0.6) is 0 Å². The quantitative estimate of drug-likeness (QED) is 0.289. The van der Waals surface area contributed by atoms with Crippen molar-refractivity contribution in [1.29, 1.82) is 0 Å². The van der Waals surface area contributed by atoms with Crippen molar-refractivity contribution in [2.75, 3.05) is 0 Å². The van der Waals surface area contributed by atoms with Gasteiger partial charge in [-0.15, -0.1) is 4.39 Å². The molecule has 0 heterocycles. The molecule has 4 nitrogen and oxygen atoms in total. The van der Waals surface area contributed by atoms with Gasteiger partial charge in [0.2, 0.25) is 6.29 Å². The van der Waals surface area contributed by atoms with Gasteiger partial charge in [0.1, 0.15) is 0 Å². The first-order chi connectivity index (χ1) is 5.31. The van der Waals surface area contributed by atoms with Crippen LogP contribution in [-0.4, -0.2) is 18.1 Å². The molecule has 0 aliphatic rings. The molecule has 0 aromatic carbocycles. The maximum Gasteiger partial charge on any atom is 0.497 e. The average molecular weight is 180 g/mol. The zero-order valence-corrected chi connectivity index (χ0v) is 7.59. The Kier molecular flexibility index (Phi) is 4.12. The normalized spacial score (nSPS) is 14.1. The molecule has 0 spiro atoms. The van der Waals surface area contributed by atoms with Gasteiger partial charge in [0.15, 0.2) is 0 Å². The smallest absolute Gasteiger partial charge is 0.408 e. The molecule has 0 aromatic heterocycles. The summed E-state index contributed by atoms with van der Waals surface area (Å²) in [4.78, 5) is 19.0. The van der Waals surface area contributed by atoms with Crippen molar-refractivity contribution in [3.8, 4) is 0 Å². The lowest BCUT2D eigenvalue weighted by molar-refractivity contribution is -0.403. The first-order valence-electron chi connectivity index (χ1n) is 3.52. The van der Waals surface area contributed by atoms with Crippen molar-refractivity contribution >= 4 is 6.22 Å². The van der Waals surface area contributed by atoms with Gasteiger partial charge in [-0.2, -0.15) is 4.89 Å². The number of hydrogen-bond donors (Lipinski definition) is 0. The van der Waals surface area contributed by atoms with Gasteiger partial charge in [-0.1, -0.05) is 0 Å². The van der Waals surface area contributed by atoms with Crippen LogP contribution < -0.4 is 0 Å². The van der Waals surface area contributed by atoms with Gasteiger partial charge in [-0.25, -0.2) is 9.68 Å². The Balaban J connectivity index is 3.57. The van der Waals surface area contributed by atoms with Gasteiger partial charge in [-0.3, -0.25) is 0 Å². The first-order valence-corrected chi connectivity index (χ1v) is 3.52. The minimum Gasteiger partial charge on any atom is -0.408 e. The maximum atomic E-state index is 11.6. The number of halogens is 1. The van der Waals surface area contributed by atoms with E-state index in [0.29, 0.717) is 0 Å². The summed E-state index contributed by atoms with van der Waals surface area (Å²) < 4.78 is 15.6. The molecule has 0 aliphatic heterocycles. The van der Waals surface area contributed by atoms with Gasteiger partial charge < -0.3 is 4.74 Å². The standard InChI is InChI=1S/C7H13FO4/c1-5(10-6(8)9)11-12-7(2,3)4/h5H,1-4H3. The Labute approximate surface area is 70.5 Å². The fourth-order valence-corrected chi connectivity index (χ4v) is 0.362. The molecule has 0 rings (SSSR count). The van der Waals surface area contributed by atoms with E-state index in [2.05, 4.69) is 9.62 Å². The fourth-order valence-electron chi connectivity index (χ4n) is 0.362. The van der Waals surface area contributed by atoms with Gasteiger partial charge >= 0.3 is 6.22 Å². The second-order valence-electron chi connectivity index (χ2n) is 3.22. The SMILES string of the molecule is CC(OOC(C)(C)C)OC(=O)F. The number of carbonyl (C=O) groups excluding carboxylic acids is 1. The van der Waals surface area contributed by atoms with E-state index in [4.69, 9.17) is 4.89 Å². The van der Waals surface area contributed by atoms with Gasteiger partial charge in [0.25, 0.3) is 0 Å². The van der Waals surface area contributed by atoms with Crippen LogP contribution in [0.3, 0.4) is 0 Å². The first kappa shape index (κ1) is 11.3. The van der Waals surface area contributed by atoms with Crippen LogP contribution in [0.1, 0.15) is 27.7 Å². The second-order valence-corrected chi connectivity index (χ2v) is 3.22. The monoisotopic (exact) mass is 180 g/mol. The van der Waals surface area contributed by atoms with Crippen LogP contribution in [0.4, 0.5) is 9.18 Å². The Hall–Kier alpha value is -0.680. The van der Waals surface area contributed by atoms with Crippen LogP contribution in [-0.2, 0) is 14.5 Å². The van der Waals surface area contributed by atoms with Crippen molar-refractivity contribution in [3.63, 3.8) is 0 Å². The van der Waals surface area contributed by atoms with Gasteiger partial charge in [0.05, 0.1) is 5.60 Å². The number of rotatable bonds is 3. The Morgan fingerprint density at radius 2 is 1.92 bits per heavy atom. The molecule has 0 amide bonds. The highest BCUT2D eigenvalue weighted by Gasteiger charge is 2.16. The van der Waals surface area contributed by atoms with Crippen molar-refractivity contribution < 1.29 is 23.7 Å². The number of hydrogen-bond acceptors (Lipinski definition) is 4. The Bertz CT molecular complexity index is 152. The summed E-state index contributed by atoms with van der Waals surface area (Å²) in [6.07, 6.45) is -2.93. The summed E-state index contributed by atoms with van der Waals surface area (Å²) in [5, 5.41) is 0. The lowest BCUT2D eigenvalue weighted by Crippen LogP contribution is -2.24. The highest BCUT2D eigenvalue weighted by atomic mass is 19.1. The summed E-state index contributed by atoms with van der Waals surface area (Å²) in [7, 11) is 0. The van der Waals surface area contributed by atoms with E-state index in [-0.39, 0.29) is 0 Å². The molecular weight excluding hydrogens is 167 g/mol. The van der Waals surface area contributed by atoms with Crippen LogP contribution in [0.25, 0.3) is 0 Å². The van der Waals surface area contributed by atoms with Crippen molar-refractivity contribution in [1.82, 2.24) is 0 Å². The summed E-state index contributed by atoms with van der Waals surface area (Å²) in [5.74, 6) is 0. The van der Waals surface area contributed by atoms with E-state index in [1.165, 1.54) is 6.92 Å². The molecular formula is C7H13FO4. The molecule has 1 atom stereocenters. The zero-order valence-electron chi connectivity index (χ0n) is 7.59. The molecule has 0 aromatic rings. The van der Waals surface area contributed by atoms with Gasteiger partial charge in [-0.05, 0) is 20.8 Å². The molecule has 0 aliphatic carbocycles. The molecule has 0 saturated carbocycles. The molecule has 0 radical (unpaired) electrons. The summed E-state index contributed by atoms with van der Waals surface area (Å²) in [6.45, 7) is 6.59. The summed E-state index contributed by atoms with van der Waals surface area (Å²) in [5.41, 5.74) is -0.517. The number of ether oxygens (including phenoxy) is 1. The predicted molar refractivity (Wildman–Crippen MR) is 39.0 cm³/mol.